The number of hydrogen-bond donors (Lipinski definition) is 6. The van der Waals surface area contributed by atoms with Gasteiger partial charge in [-0.2, -0.15) is 0 Å². The molecule has 13 nitrogen and oxygen atoms in total. The number of carbonyl (C=O) groups is 4. The molecule has 0 saturated heterocycles. The van der Waals surface area contributed by atoms with Crippen LogP contribution in [0.15, 0.2) is 40.3 Å². The van der Waals surface area contributed by atoms with Crippen LogP contribution in [-0.4, -0.2) is 67.7 Å². The molecule has 0 fully saturated rings. The molecule has 0 spiro atoms. The Morgan fingerprint density at radius 3 is 2.31 bits per heavy atom. The van der Waals surface area contributed by atoms with Crippen LogP contribution in [0.25, 0.3) is 0 Å². The summed E-state index contributed by atoms with van der Waals surface area (Å²) < 4.78 is 5.17. The minimum atomic E-state index is -0.991. The standard InChI is InChI=1S/C23H36N8O5/c1-16(24)27-11-5-9-18(14-32)30-20(33)13-29-21(34)19(10-6-12-28-22(25)26)31-23(35)36-15-17-7-3-2-4-8-17/h2-4,7-8,14,18-19H,5-6,9-13,15H2,1H3,(H2,24,27)(H,29,34)(H,30,33)(H,31,35)(H4,25,26,28). The van der Waals surface area contributed by atoms with Gasteiger partial charge in [-0.15, -0.1) is 0 Å². The van der Waals surface area contributed by atoms with E-state index in [0.29, 0.717) is 37.9 Å². The molecule has 1 rings (SSSR count). The Kier molecular flexibility index (Phi) is 14.4. The van der Waals surface area contributed by atoms with E-state index in [-0.39, 0.29) is 32.1 Å². The topological polar surface area (TPSA) is 216 Å². The van der Waals surface area contributed by atoms with Crippen LogP contribution in [0.2, 0.25) is 0 Å². The Hall–Kier alpha value is -4.16. The molecule has 13 heteroatoms. The second-order valence-corrected chi connectivity index (χ2v) is 7.90. The molecular formula is C23H36N8O5. The fourth-order valence-corrected chi connectivity index (χ4v) is 2.97. The van der Waals surface area contributed by atoms with Crippen LogP contribution in [0.1, 0.15) is 38.2 Å². The predicted octanol–water partition coefficient (Wildman–Crippen LogP) is -0.708. The molecule has 0 heterocycles. The van der Waals surface area contributed by atoms with E-state index in [1.54, 1.807) is 19.1 Å². The Bertz CT molecular complexity index is 899. The number of nitrogens with two attached hydrogens (primary N) is 3. The normalized spacial score (nSPS) is 12.5. The summed E-state index contributed by atoms with van der Waals surface area (Å²) in [5.74, 6) is -0.792. The predicted molar refractivity (Wildman–Crippen MR) is 136 cm³/mol. The molecule has 0 aromatic heterocycles. The summed E-state index contributed by atoms with van der Waals surface area (Å²) in [4.78, 5) is 56.2. The van der Waals surface area contributed by atoms with Gasteiger partial charge in [-0.1, -0.05) is 30.3 Å². The first-order chi connectivity index (χ1) is 17.2. The maximum atomic E-state index is 12.7. The number of alkyl carbamates (subject to hydrolysis) is 1. The van der Waals surface area contributed by atoms with Crippen molar-refractivity contribution in [1.82, 2.24) is 16.0 Å². The van der Waals surface area contributed by atoms with Gasteiger partial charge >= 0.3 is 6.09 Å². The van der Waals surface area contributed by atoms with Crippen molar-refractivity contribution in [2.75, 3.05) is 19.6 Å². The van der Waals surface area contributed by atoms with Gasteiger partial charge in [-0.3, -0.25) is 19.6 Å². The number of guanidine groups is 1. The third kappa shape index (κ3) is 14.2. The van der Waals surface area contributed by atoms with Crippen molar-refractivity contribution in [2.24, 2.45) is 27.2 Å². The largest absolute Gasteiger partial charge is 0.445 e. The molecule has 1 aromatic rings. The molecule has 0 saturated carbocycles. The highest BCUT2D eigenvalue weighted by Gasteiger charge is 2.22. The molecule has 2 unspecified atom stereocenters. The first kappa shape index (κ1) is 29.9. The van der Waals surface area contributed by atoms with Crippen molar-refractivity contribution < 1.29 is 23.9 Å². The number of hydrogen-bond acceptors (Lipinski definition) is 7. The second kappa shape index (κ2) is 17.3. The average molecular weight is 505 g/mol. The molecule has 9 N–H and O–H groups in total. The summed E-state index contributed by atoms with van der Waals surface area (Å²) in [6, 6.07) is 7.34. The van der Waals surface area contributed by atoms with E-state index in [9.17, 15) is 19.2 Å². The Balaban J connectivity index is 2.58. The van der Waals surface area contributed by atoms with E-state index >= 15 is 0 Å². The fourth-order valence-electron chi connectivity index (χ4n) is 2.97. The smallest absolute Gasteiger partial charge is 0.408 e. The van der Waals surface area contributed by atoms with Crippen molar-refractivity contribution in [2.45, 2.75) is 51.3 Å². The Morgan fingerprint density at radius 2 is 1.67 bits per heavy atom. The maximum absolute atomic E-state index is 12.7. The Morgan fingerprint density at radius 1 is 1.00 bits per heavy atom. The van der Waals surface area contributed by atoms with E-state index in [0.717, 1.165) is 5.56 Å². The first-order valence-corrected chi connectivity index (χ1v) is 11.5. The zero-order chi connectivity index (χ0) is 26.8. The number of amides is 3. The van der Waals surface area contributed by atoms with E-state index in [4.69, 9.17) is 21.9 Å². The number of nitrogens with one attached hydrogen (secondary N) is 3. The lowest BCUT2D eigenvalue weighted by molar-refractivity contribution is -0.128. The summed E-state index contributed by atoms with van der Waals surface area (Å²) in [6.07, 6.45) is 1.35. The van der Waals surface area contributed by atoms with Crippen molar-refractivity contribution in [1.29, 1.82) is 0 Å². The van der Waals surface area contributed by atoms with E-state index < -0.39 is 30.0 Å². The fraction of sp³-hybridized carbons (Fsp3) is 0.478. The quantitative estimate of drug-likeness (QED) is 0.0729. The number of rotatable bonds is 16. The van der Waals surface area contributed by atoms with Gasteiger partial charge in [-0.25, -0.2) is 4.79 Å². The third-order valence-electron chi connectivity index (χ3n) is 4.73. The van der Waals surface area contributed by atoms with Crippen LogP contribution in [0.5, 0.6) is 0 Å². The van der Waals surface area contributed by atoms with E-state index in [1.807, 2.05) is 18.2 Å². The molecular weight excluding hydrogens is 468 g/mol. The van der Waals surface area contributed by atoms with Crippen molar-refractivity contribution in [3.8, 4) is 0 Å². The third-order valence-corrected chi connectivity index (χ3v) is 4.73. The van der Waals surface area contributed by atoms with Gasteiger partial charge in [0.15, 0.2) is 5.96 Å². The SMILES string of the molecule is CC(N)=NCCCC(C=O)NC(=O)CNC(=O)C(CCCN=C(N)N)NC(=O)OCc1ccccc1. The van der Waals surface area contributed by atoms with E-state index in [1.165, 1.54) is 0 Å². The highest BCUT2D eigenvalue weighted by atomic mass is 16.5. The van der Waals surface area contributed by atoms with Gasteiger partial charge in [0.05, 0.1) is 18.4 Å². The van der Waals surface area contributed by atoms with Gasteiger partial charge in [0.2, 0.25) is 11.8 Å². The number of aliphatic imine (C=N–C) groups is 2. The maximum Gasteiger partial charge on any atom is 0.408 e. The number of ether oxygens (including phenoxy) is 1. The lowest BCUT2D eigenvalue weighted by Gasteiger charge is -2.18. The second-order valence-electron chi connectivity index (χ2n) is 7.90. The van der Waals surface area contributed by atoms with Gasteiger partial charge < -0.3 is 42.7 Å². The van der Waals surface area contributed by atoms with Crippen molar-refractivity contribution in [3.05, 3.63) is 35.9 Å². The summed E-state index contributed by atoms with van der Waals surface area (Å²) in [5.41, 5.74) is 16.9. The molecule has 2 atom stereocenters. The number of benzene rings is 1. The molecule has 1 aromatic carbocycles. The lowest BCUT2D eigenvalue weighted by Crippen LogP contribution is -2.50. The van der Waals surface area contributed by atoms with Crippen LogP contribution in [0.3, 0.4) is 0 Å². The average Bonchev–Trinajstić information content (AvgIpc) is 2.85. The zero-order valence-corrected chi connectivity index (χ0v) is 20.4. The molecule has 36 heavy (non-hydrogen) atoms. The summed E-state index contributed by atoms with van der Waals surface area (Å²) in [5, 5.41) is 7.50. The van der Waals surface area contributed by atoms with Gasteiger partial charge in [-0.05, 0) is 38.2 Å². The monoisotopic (exact) mass is 504 g/mol. The molecule has 0 aliphatic heterocycles. The lowest BCUT2D eigenvalue weighted by atomic mass is 10.1. The van der Waals surface area contributed by atoms with Crippen LogP contribution in [0, 0.1) is 0 Å². The van der Waals surface area contributed by atoms with Crippen LogP contribution < -0.4 is 33.2 Å². The minimum absolute atomic E-state index is 0.0284. The molecule has 3 amide bonds. The highest BCUT2D eigenvalue weighted by molar-refractivity contribution is 5.90. The van der Waals surface area contributed by atoms with Crippen LogP contribution in [0.4, 0.5) is 4.79 Å². The van der Waals surface area contributed by atoms with Crippen LogP contribution >= 0.6 is 0 Å². The van der Waals surface area contributed by atoms with Gasteiger partial charge in [0, 0.05) is 13.1 Å². The minimum Gasteiger partial charge on any atom is -0.445 e. The summed E-state index contributed by atoms with van der Waals surface area (Å²) >= 11 is 0. The molecule has 0 aliphatic rings. The Labute approximate surface area is 210 Å². The first-order valence-electron chi connectivity index (χ1n) is 11.5. The highest BCUT2D eigenvalue weighted by Crippen LogP contribution is 2.03. The molecule has 0 aliphatic carbocycles. The number of amidine groups is 1. The molecule has 0 radical (unpaired) electrons. The van der Waals surface area contributed by atoms with Gasteiger partial charge in [0.25, 0.3) is 0 Å². The number of aldehydes is 1. The van der Waals surface area contributed by atoms with Crippen molar-refractivity contribution >= 4 is 36.0 Å². The zero-order valence-electron chi connectivity index (χ0n) is 20.4. The van der Waals surface area contributed by atoms with Crippen molar-refractivity contribution in [3.63, 3.8) is 0 Å². The summed E-state index contributed by atoms with van der Waals surface area (Å²) in [6.45, 7) is 2.00. The number of carbonyl (C=O) groups excluding carboxylic acids is 4. The van der Waals surface area contributed by atoms with Gasteiger partial charge in [0.1, 0.15) is 18.9 Å². The van der Waals surface area contributed by atoms with Crippen LogP contribution in [-0.2, 0) is 25.7 Å². The molecule has 0 bridgehead atoms. The van der Waals surface area contributed by atoms with E-state index in [2.05, 4.69) is 25.9 Å². The number of nitrogens with zero attached hydrogens (tertiary/aromatic N) is 2. The molecule has 198 valence electrons. The summed E-state index contributed by atoms with van der Waals surface area (Å²) in [7, 11) is 0.